The lowest BCUT2D eigenvalue weighted by atomic mass is 10.1. The summed E-state index contributed by atoms with van der Waals surface area (Å²) in [6.07, 6.45) is 0. The maximum Gasteiger partial charge on any atom is 0.277 e. The van der Waals surface area contributed by atoms with E-state index in [2.05, 4.69) is 10.2 Å². The van der Waals surface area contributed by atoms with Crippen molar-refractivity contribution in [3.63, 3.8) is 0 Å². The fourth-order valence-electron chi connectivity index (χ4n) is 2.87. The molecule has 0 spiro atoms. The van der Waals surface area contributed by atoms with Gasteiger partial charge in [-0.15, -0.1) is 10.2 Å². The van der Waals surface area contributed by atoms with Gasteiger partial charge in [0.1, 0.15) is 5.25 Å². The molecule has 0 saturated heterocycles. The molecule has 1 aromatic heterocycles. The van der Waals surface area contributed by atoms with Gasteiger partial charge in [-0.05, 0) is 49.7 Å². The molecule has 1 amide bonds. The molecule has 5 nitrogen and oxygen atoms in total. The lowest BCUT2D eigenvalue weighted by Crippen LogP contribution is -2.33. The zero-order valence-corrected chi connectivity index (χ0v) is 16.6. The van der Waals surface area contributed by atoms with Crippen LogP contribution in [0.4, 0.5) is 0 Å². The monoisotopic (exact) mass is 381 g/mol. The SMILES string of the molecule is CCN(CC)C(=O)[C@@H](Sc1nnc(-c2ccccc2C)o1)c1ccccc1. The Morgan fingerprint density at radius 1 is 1.04 bits per heavy atom. The largest absolute Gasteiger partial charge is 0.411 e. The topological polar surface area (TPSA) is 59.2 Å². The first-order valence-corrected chi connectivity index (χ1v) is 9.91. The van der Waals surface area contributed by atoms with Crippen LogP contribution < -0.4 is 0 Å². The number of thioether (sulfide) groups is 1. The van der Waals surface area contributed by atoms with Crippen LogP contribution in [0.5, 0.6) is 0 Å². The number of amides is 1. The molecule has 1 heterocycles. The van der Waals surface area contributed by atoms with Gasteiger partial charge in [0.15, 0.2) is 0 Å². The number of carbonyl (C=O) groups excluding carboxylic acids is 1. The van der Waals surface area contributed by atoms with Gasteiger partial charge in [-0.2, -0.15) is 0 Å². The van der Waals surface area contributed by atoms with Crippen LogP contribution in [0.1, 0.15) is 30.2 Å². The Kier molecular flexibility index (Phi) is 6.29. The van der Waals surface area contributed by atoms with Crippen LogP contribution in [-0.2, 0) is 4.79 Å². The van der Waals surface area contributed by atoms with Crippen LogP contribution in [0.25, 0.3) is 11.5 Å². The van der Waals surface area contributed by atoms with E-state index in [1.165, 1.54) is 11.8 Å². The Hall–Kier alpha value is -2.60. The average Bonchev–Trinajstić information content (AvgIpc) is 3.16. The van der Waals surface area contributed by atoms with Crippen LogP contribution in [0.2, 0.25) is 0 Å². The van der Waals surface area contributed by atoms with Gasteiger partial charge < -0.3 is 9.32 Å². The van der Waals surface area contributed by atoms with Crippen molar-refractivity contribution < 1.29 is 9.21 Å². The van der Waals surface area contributed by atoms with Gasteiger partial charge >= 0.3 is 0 Å². The molecule has 1 atom stereocenters. The van der Waals surface area contributed by atoms with Crippen molar-refractivity contribution >= 4 is 17.7 Å². The Morgan fingerprint density at radius 3 is 2.37 bits per heavy atom. The first kappa shape index (κ1) is 19.2. The molecule has 0 saturated carbocycles. The number of nitrogens with zero attached hydrogens (tertiary/aromatic N) is 3. The lowest BCUT2D eigenvalue weighted by Gasteiger charge is -2.24. The molecule has 0 N–H and O–H groups in total. The number of hydrogen-bond donors (Lipinski definition) is 0. The normalized spacial score (nSPS) is 12.0. The zero-order chi connectivity index (χ0) is 19.2. The molecule has 0 bridgehead atoms. The second kappa shape index (κ2) is 8.86. The minimum absolute atomic E-state index is 0.0480. The lowest BCUT2D eigenvalue weighted by molar-refractivity contribution is -0.130. The second-order valence-corrected chi connectivity index (χ2v) is 7.16. The van der Waals surface area contributed by atoms with E-state index in [1.807, 2.05) is 80.3 Å². The van der Waals surface area contributed by atoms with E-state index in [4.69, 9.17) is 4.42 Å². The van der Waals surface area contributed by atoms with Crippen LogP contribution >= 0.6 is 11.8 Å². The van der Waals surface area contributed by atoms with E-state index in [9.17, 15) is 4.79 Å². The van der Waals surface area contributed by atoms with Gasteiger partial charge in [-0.25, -0.2) is 0 Å². The highest BCUT2D eigenvalue weighted by Gasteiger charge is 2.28. The molecule has 0 unspecified atom stereocenters. The summed E-state index contributed by atoms with van der Waals surface area (Å²) in [6.45, 7) is 7.30. The van der Waals surface area contributed by atoms with Crippen molar-refractivity contribution in [3.8, 4) is 11.5 Å². The van der Waals surface area contributed by atoms with E-state index < -0.39 is 5.25 Å². The Balaban J connectivity index is 1.89. The van der Waals surface area contributed by atoms with Crippen molar-refractivity contribution in [2.45, 2.75) is 31.2 Å². The molecule has 0 aliphatic carbocycles. The summed E-state index contributed by atoms with van der Waals surface area (Å²) in [5.41, 5.74) is 2.90. The summed E-state index contributed by atoms with van der Waals surface area (Å²) in [4.78, 5) is 14.9. The predicted octanol–water partition coefficient (Wildman–Crippen LogP) is 4.75. The van der Waals surface area contributed by atoms with Crippen molar-refractivity contribution in [2.75, 3.05) is 13.1 Å². The number of benzene rings is 2. The van der Waals surface area contributed by atoms with E-state index in [0.717, 1.165) is 16.7 Å². The molecule has 2 aromatic carbocycles. The van der Waals surface area contributed by atoms with Crippen LogP contribution in [0.3, 0.4) is 0 Å². The number of carbonyl (C=O) groups is 1. The first-order chi connectivity index (χ1) is 13.1. The third kappa shape index (κ3) is 4.39. The van der Waals surface area contributed by atoms with Gasteiger partial charge in [0.05, 0.1) is 0 Å². The van der Waals surface area contributed by atoms with E-state index in [-0.39, 0.29) is 5.91 Å². The molecular weight excluding hydrogens is 358 g/mol. The quantitative estimate of drug-likeness (QED) is 0.553. The fourth-order valence-corrected chi connectivity index (χ4v) is 3.83. The van der Waals surface area contributed by atoms with Crippen molar-refractivity contribution in [1.29, 1.82) is 0 Å². The molecule has 140 valence electrons. The number of hydrogen-bond acceptors (Lipinski definition) is 5. The number of likely N-dealkylation sites (N-methyl/N-ethyl adjacent to an activating group) is 1. The summed E-state index contributed by atoms with van der Waals surface area (Å²) in [6, 6.07) is 17.6. The zero-order valence-electron chi connectivity index (χ0n) is 15.8. The maximum atomic E-state index is 13.1. The van der Waals surface area contributed by atoms with Gasteiger partial charge in [0.25, 0.3) is 5.22 Å². The fraction of sp³-hybridized carbons (Fsp3) is 0.286. The standard InChI is InChI=1S/C21H23N3O2S/c1-4-24(5-2)20(25)18(16-12-7-6-8-13-16)27-21-23-22-19(26-21)17-14-10-9-11-15(17)3/h6-14,18H,4-5H2,1-3H3/t18-/m0/s1. The average molecular weight is 382 g/mol. The maximum absolute atomic E-state index is 13.1. The Bertz CT molecular complexity index is 891. The van der Waals surface area contributed by atoms with E-state index in [0.29, 0.717) is 24.2 Å². The summed E-state index contributed by atoms with van der Waals surface area (Å²) < 4.78 is 5.87. The van der Waals surface area contributed by atoms with E-state index in [1.54, 1.807) is 0 Å². The molecule has 0 aliphatic heterocycles. The van der Waals surface area contributed by atoms with Crippen LogP contribution in [0.15, 0.2) is 64.2 Å². The van der Waals surface area contributed by atoms with E-state index >= 15 is 0 Å². The molecule has 3 rings (SSSR count). The minimum atomic E-state index is -0.420. The van der Waals surface area contributed by atoms with Gasteiger partial charge in [0.2, 0.25) is 11.8 Å². The highest BCUT2D eigenvalue weighted by atomic mass is 32.2. The smallest absolute Gasteiger partial charge is 0.277 e. The summed E-state index contributed by atoms with van der Waals surface area (Å²) in [5.74, 6) is 0.518. The third-order valence-corrected chi connectivity index (χ3v) is 5.48. The third-order valence-electron chi connectivity index (χ3n) is 4.40. The second-order valence-electron chi connectivity index (χ2n) is 6.11. The number of aromatic nitrogens is 2. The predicted molar refractivity (Wildman–Crippen MR) is 107 cm³/mol. The molecule has 0 aliphatic rings. The number of rotatable bonds is 7. The summed E-state index contributed by atoms with van der Waals surface area (Å²) >= 11 is 1.30. The Morgan fingerprint density at radius 2 is 1.70 bits per heavy atom. The van der Waals surface area contributed by atoms with Crippen molar-refractivity contribution in [2.24, 2.45) is 0 Å². The van der Waals surface area contributed by atoms with Crippen LogP contribution in [-0.4, -0.2) is 34.1 Å². The van der Waals surface area contributed by atoms with Crippen molar-refractivity contribution in [3.05, 3.63) is 65.7 Å². The minimum Gasteiger partial charge on any atom is -0.411 e. The van der Waals surface area contributed by atoms with Crippen molar-refractivity contribution in [1.82, 2.24) is 15.1 Å². The number of aryl methyl sites for hydroxylation is 1. The van der Waals surface area contributed by atoms with Gasteiger partial charge in [0, 0.05) is 18.7 Å². The first-order valence-electron chi connectivity index (χ1n) is 9.04. The molecule has 27 heavy (non-hydrogen) atoms. The molecule has 0 fully saturated rings. The summed E-state index contributed by atoms with van der Waals surface area (Å²) in [7, 11) is 0. The van der Waals surface area contributed by atoms with Gasteiger partial charge in [-0.3, -0.25) is 4.79 Å². The highest BCUT2D eigenvalue weighted by molar-refractivity contribution is 8.00. The highest BCUT2D eigenvalue weighted by Crippen LogP contribution is 2.37. The van der Waals surface area contributed by atoms with Gasteiger partial charge in [-0.1, -0.05) is 48.5 Å². The summed E-state index contributed by atoms with van der Waals surface area (Å²) in [5, 5.41) is 8.32. The molecule has 3 aromatic rings. The molecular formula is C21H23N3O2S. The molecule has 0 radical (unpaired) electrons. The molecule has 6 heteroatoms. The van der Waals surface area contributed by atoms with Crippen LogP contribution in [0, 0.1) is 6.92 Å². The Labute approximate surface area is 163 Å².